The van der Waals surface area contributed by atoms with Crippen LogP contribution in [0.4, 0.5) is 0 Å². The molecule has 4 rings (SSSR count). The lowest BCUT2D eigenvalue weighted by Gasteiger charge is -2.27. The first kappa shape index (κ1) is 42.0. The molecule has 10 nitrogen and oxygen atoms in total. The van der Waals surface area contributed by atoms with Crippen LogP contribution in [0.3, 0.4) is 0 Å². The molecule has 2 N–H and O–H groups in total. The molecule has 0 unspecified atom stereocenters. The average molecular weight is 732 g/mol. The molecule has 10 heteroatoms. The molecule has 5 atom stereocenters. The van der Waals surface area contributed by atoms with Crippen molar-refractivity contribution in [3.8, 4) is 0 Å². The van der Waals surface area contributed by atoms with E-state index in [1.165, 1.54) is 0 Å². The summed E-state index contributed by atoms with van der Waals surface area (Å²) >= 11 is 0. The summed E-state index contributed by atoms with van der Waals surface area (Å²) in [6.07, 6.45) is 2.58. The molecule has 2 aliphatic heterocycles. The Labute approximate surface area is 316 Å². The number of morpholine rings is 1. The number of hydrogen-bond acceptors (Lipinski definition) is 8. The zero-order valence-electron chi connectivity index (χ0n) is 32.4. The van der Waals surface area contributed by atoms with Gasteiger partial charge in [-0.2, -0.15) is 0 Å². The quantitative estimate of drug-likeness (QED) is 0.150. The summed E-state index contributed by atoms with van der Waals surface area (Å²) in [5, 5.41) is 6.04. The van der Waals surface area contributed by atoms with Crippen LogP contribution in [0.25, 0.3) is 0 Å². The van der Waals surface area contributed by atoms with Gasteiger partial charge in [-0.25, -0.2) is 0 Å². The third-order valence-corrected chi connectivity index (χ3v) is 10.3. The molecule has 2 aromatic rings. The molecule has 0 aliphatic carbocycles. The predicted molar refractivity (Wildman–Crippen MR) is 205 cm³/mol. The number of ketones is 3. The van der Waals surface area contributed by atoms with Gasteiger partial charge < -0.3 is 20.1 Å². The molecule has 2 aromatic carbocycles. The highest BCUT2D eigenvalue weighted by atomic mass is 16.6. The van der Waals surface area contributed by atoms with E-state index in [2.05, 4.69) is 15.5 Å². The van der Waals surface area contributed by atoms with Crippen molar-refractivity contribution in [2.45, 2.75) is 104 Å². The van der Waals surface area contributed by atoms with E-state index >= 15 is 0 Å². The monoisotopic (exact) mass is 731 g/mol. The molecule has 0 bridgehead atoms. The van der Waals surface area contributed by atoms with Crippen LogP contribution >= 0.6 is 0 Å². The second-order valence-electron chi connectivity index (χ2n) is 16.0. The van der Waals surface area contributed by atoms with E-state index in [1.807, 2.05) is 88.4 Å². The van der Waals surface area contributed by atoms with Crippen molar-refractivity contribution in [3.05, 3.63) is 71.8 Å². The summed E-state index contributed by atoms with van der Waals surface area (Å²) in [7, 11) is 0. The van der Waals surface area contributed by atoms with E-state index in [1.54, 1.807) is 6.92 Å². The van der Waals surface area contributed by atoms with Gasteiger partial charge in [-0.3, -0.25) is 28.9 Å². The van der Waals surface area contributed by atoms with Gasteiger partial charge in [-0.1, -0.05) is 88.4 Å². The number of ether oxygens (including phenoxy) is 2. The maximum Gasteiger partial charge on any atom is 0.224 e. The number of amides is 2. The van der Waals surface area contributed by atoms with Gasteiger partial charge in [0.15, 0.2) is 11.6 Å². The fourth-order valence-electron chi connectivity index (χ4n) is 6.98. The van der Waals surface area contributed by atoms with Gasteiger partial charge in [0.05, 0.1) is 31.9 Å². The van der Waals surface area contributed by atoms with Crippen LogP contribution < -0.4 is 10.6 Å². The van der Waals surface area contributed by atoms with E-state index < -0.39 is 29.5 Å². The van der Waals surface area contributed by atoms with Crippen LogP contribution in [-0.2, 0) is 46.3 Å². The van der Waals surface area contributed by atoms with Crippen LogP contribution in [0.15, 0.2) is 60.7 Å². The molecule has 2 saturated heterocycles. The third-order valence-electron chi connectivity index (χ3n) is 10.3. The minimum Gasteiger partial charge on any atom is -0.379 e. The first-order chi connectivity index (χ1) is 25.3. The summed E-state index contributed by atoms with van der Waals surface area (Å²) in [6.45, 7) is 13.6. The zero-order chi connectivity index (χ0) is 38.4. The number of benzene rings is 2. The number of carbonyl (C=O) groups excluding carboxylic acids is 5. The Kier molecular flexibility index (Phi) is 16.4. The standard InChI is InChI=1S/C43H61N3O7/c1-30(2)24-37(44-41(50)34(17-16-32-12-8-6-9-13-32)27-36(47)18-19-46-20-22-52-23-21-46)39(48)28-35(26-33-14-10-7-11-15-33)42(51)45-38(25-31(3)4)40(49)43(5)29-53-43/h6-15,30-31,34-35,37-38H,16-29H2,1-5H3,(H,44,50)(H,45,51)/t34-,35-,37+,38+,43-/m1/s1. The van der Waals surface area contributed by atoms with Crippen molar-refractivity contribution in [2.75, 3.05) is 39.5 Å². The largest absolute Gasteiger partial charge is 0.379 e. The van der Waals surface area contributed by atoms with E-state index in [0.29, 0.717) is 64.9 Å². The first-order valence-corrected chi connectivity index (χ1v) is 19.5. The number of carbonyl (C=O) groups is 5. The van der Waals surface area contributed by atoms with Gasteiger partial charge in [0.1, 0.15) is 11.4 Å². The highest BCUT2D eigenvalue weighted by Gasteiger charge is 2.50. The summed E-state index contributed by atoms with van der Waals surface area (Å²) in [4.78, 5) is 71.2. The maximum atomic E-state index is 14.2. The predicted octanol–water partition coefficient (Wildman–Crippen LogP) is 5.15. The number of epoxide rings is 1. The topological polar surface area (TPSA) is 134 Å². The lowest BCUT2D eigenvalue weighted by Crippen LogP contribution is -2.50. The van der Waals surface area contributed by atoms with Crippen molar-refractivity contribution in [3.63, 3.8) is 0 Å². The molecule has 2 heterocycles. The van der Waals surface area contributed by atoms with Gasteiger partial charge >= 0.3 is 0 Å². The highest BCUT2D eigenvalue weighted by molar-refractivity contribution is 5.98. The molecule has 53 heavy (non-hydrogen) atoms. The third kappa shape index (κ3) is 14.2. The number of aryl methyl sites for hydroxylation is 1. The van der Waals surface area contributed by atoms with Crippen LogP contribution in [0, 0.1) is 23.7 Å². The lowest BCUT2D eigenvalue weighted by molar-refractivity contribution is -0.135. The maximum absolute atomic E-state index is 14.2. The van der Waals surface area contributed by atoms with E-state index in [4.69, 9.17) is 9.47 Å². The molecule has 0 radical (unpaired) electrons. The summed E-state index contributed by atoms with van der Waals surface area (Å²) in [6, 6.07) is 17.8. The number of nitrogens with one attached hydrogen (secondary N) is 2. The minimum atomic E-state index is -0.898. The molecule has 2 amide bonds. The van der Waals surface area contributed by atoms with E-state index in [-0.39, 0.29) is 53.8 Å². The van der Waals surface area contributed by atoms with Gasteiger partial charge in [-0.05, 0) is 62.0 Å². The average Bonchev–Trinajstić information content (AvgIpc) is 3.90. The van der Waals surface area contributed by atoms with E-state index in [0.717, 1.165) is 24.2 Å². The van der Waals surface area contributed by atoms with Crippen LogP contribution in [-0.4, -0.2) is 91.2 Å². The second kappa shape index (κ2) is 20.7. The molecule has 290 valence electrons. The number of Topliss-reactive ketones (excluding diaryl/α,β-unsaturated/α-hetero) is 3. The Balaban J connectivity index is 1.50. The van der Waals surface area contributed by atoms with Crippen molar-refractivity contribution in [2.24, 2.45) is 23.7 Å². The van der Waals surface area contributed by atoms with Crippen LogP contribution in [0.5, 0.6) is 0 Å². The molecule has 0 spiro atoms. The molecule has 0 saturated carbocycles. The normalized spacial score (nSPS) is 19.6. The Hall–Kier alpha value is -3.73. The second-order valence-corrected chi connectivity index (χ2v) is 16.0. The molecule has 2 fully saturated rings. The Morgan fingerprint density at radius 1 is 0.755 bits per heavy atom. The fraction of sp³-hybridized carbons (Fsp3) is 0.605. The number of hydrogen-bond donors (Lipinski definition) is 2. The number of nitrogens with zero attached hydrogens (tertiary/aromatic N) is 1. The van der Waals surface area contributed by atoms with Crippen LogP contribution in [0.2, 0.25) is 0 Å². The molecule has 2 aliphatic rings. The van der Waals surface area contributed by atoms with Crippen molar-refractivity contribution in [1.82, 2.24) is 15.5 Å². The van der Waals surface area contributed by atoms with E-state index in [9.17, 15) is 24.0 Å². The molecular weight excluding hydrogens is 670 g/mol. The Morgan fingerprint density at radius 3 is 1.89 bits per heavy atom. The van der Waals surface area contributed by atoms with Crippen molar-refractivity contribution in [1.29, 1.82) is 0 Å². The van der Waals surface area contributed by atoms with Crippen molar-refractivity contribution >= 4 is 29.2 Å². The highest BCUT2D eigenvalue weighted by Crippen LogP contribution is 2.30. The van der Waals surface area contributed by atoms with Crippen molar-refractivity contribution < 1.29 is 33.4 Å². The van der Waals surface area contributed by atoms with Gasteiger partial charge in [0, 0.05) is 50.7 Å². The van der Waals surface area contributed by atoms with Gasteiger partial charge in [-0.15, -0.1) is 0 Å². The molecular formula is C43H61N3O7. The zero-order valence-corrected chi connectivity index (χ0v) is 32.4. The summed E-state index contributed by atoms with van der Waals surface area (Å²) in [5.74, 6) is -2.20. The Bertz CT molecular complexity index is 1490. The minimum absolute atomic E-state index is 0.0204. The fourth-order valence-corrected chi connectivity index (χ4v) is 6.98. The molecule has 0 aromatic heterocycles. The summed E-state index contributed by atoms with van der Waals surface area (Å²) in [5.41, 5.74) is 1.07. The SMILES string of the molecule is CC(C)C[C@H](NC(=O)[C@H](CCc1ccccc1)CC(=O)CCN1CCOCC1)C(=O)C[C@@H](Cc1ccccc1)C(=O)N[C@@H](CC(C)C)C(=O)[C@@]1(C)CO1. The van der Waals surface area contributed by atoms with Gasteiger partial charge in [0.2, 0.25) is 11.8 Å². The van der Waals surface area contributed by atoms with Crippen LogP contribution in [0.1, 0.15) is 84.3 Å². The lowest BCUT2D eigenvalue weighted by atomic mass is 9.87. The smallest absolute Gasteiger partial charge is 0.224 e. The Morgan fingerprint density at radius 2 is 1.30 bits per heavy atom. The number of rotatable bonds is 23. The van der Waals surface area contributed by atoms with Gasteiger partial charge in [0.25, 0.3) is 0 Å². The first-order valence-electron chi connectivity index (χ1n) is 19.5. The summed E-state index contributed by atoms with van der Waals surface area (Å²) < 4.78 is 10.9.